The van der Waals surface area contributed by atoms with Gasteiger partial charge in [0.2, 0.25) is 0 Å². The van der Waals surface area contributed by atoms with Gasteiger partial charge >= 0.3 is 0 Å². The molecule has 0 aromatic heterocycles. The van der Waals surface area contributed by atoms with Crippen LogP contribution in [0.15, 0.2) is 16.6 Å². The molecular formula is C11H15N. The second-order valence-corrected chi connectivity index (χ2v) is 3.94. The van der Waals surface area contributed by atoms with Gasteiger partial charge in [0.05, 0.1) is 0 Å². The van der Waals surface area contributed by atoms with Crippen molar-refractivity contribution in [1.82, 2.24) is 0 Å². The number of aliphatic imine (C=N–C) groups is 1. The Morgan fingerprint density at radius 2 is 2.17 bits per heavy atom. The van der Waals surface area contributed by atoms with Gasteiger partial charge in [0.1, 0.15) is 0 Å². The molecule has 0 aliphatic carbocycles. The molecule has 0 fully saturated rings. The Kier molecular flexibility index (Phi) is 2.70. The van der Waals surface area contributed by atoms with E-state index in [4.69, 9.17) is 0 Å². The van der Waals surface area contributed by atoms with Crippen LogP contribution in [-0.2, 0) is 0 Å². The molecule has 0 amide bonds. The van der Waals surface area contributed by atoms with Gasteiger partial charge in [-0.3, -0.25) is 4.99 Å². The predicted octanol–water partition coefficient (Wildman–Crippen LogP) is 2.44. The van der Waals surface area contributed by atoms with Crippen molar-refractivity contribution in [3.63, 3.8) is 0 Å². The maximum Gasteiger partial charge on any atom is 0.0498 e. The maximum absolute atomic E-state index is 4.19. The zero-order valence-electron chi connectivity index (χ0n) is 8.02. The molecule has 1 heteroatoms. The molecule has 1 rings (SSSR count). The topological polar surface area (TPSA) is 12.4 Å². The van der Waals surface area contributed by atoms with Gasteiger partial charge < -0.3 is 0 Å². The van der Waals surface area contributed by atoms with Gasteiger partial charge in [0.15, 0.2) is 0 Å². The molecule has 1 nitrogen and oxygen atoms in total. The molecule has 0 bridgehead atoms. The van der Waals surface area contributed by atoms with Crippen molar-refractivity contribution < 1.29 is 0 Å². The minimum Gasteiger partial charge on any atom is -0.292 e. The Morgan fingerprint density at radius 3 is 2.83 bits per heavy atom. The van der Waals surface area contributed by atoms with Gasteiger partial charge in [-0.2, -0.15) is 0 Å². The molecule has 0 saturated heterocycles. The number of hydrogen-bond donors (Lipinski definition) is 0. The highest BCUT2D eigenvalue weighted by Gasteiger charge is 2.14. The normalized spacial score (nSPS) is 17.1. The van der Waals surface area contributed by atoms with E-state index in [2.05, 4.69) is 37.6 Å². The summed E-state index contributed by atoms with van der Waals surface area (Å²) in [5.74, 6) is 6.29. The van der Waals surface area contributed by atoms with Crippen molar-refractivity contribution in [3.8, 4) is 11.8 Å². The molecule has 0 radical (unpaired) electrons. The van der Waals surface area contributed by atoms with Crippen LogP contribution < -0.4 is 0 Å². The molecule has 0 spiro atoms. The van der Waals surface area contributed by atoms with Crippen molar-refractivity contribution in [2.45, 2.75) is 27.2 Å². The van der Waals surface area contributed by atoms with Crippen LogP contribution in [0.4, 0.5) is 0 Å². The lowest BCUT2D eigenvalue weighted by Crippen LogP contribution is -2.08. The molecule has 0 atom stereocenters. The lowest BCUT2D eigenvalue weighted by molar-refractivity contribution is 0.522. The van der Waals surface area contributed by atoms with E-state index in [-0.39, 0.29) is 5.41 Å². The summed E-state index contributed by atoms with van der Waals surface area (Å²) in [5, 5.41) is 0. The van der Waals surface area contributed by atoms with Crippen LogP contribution in [0, 0.1) is 17.3 Å². The van der Waals surface area contributed by atoms with E-state index in [0.717, 1.165) is 13.0 Å². The summed E-state index contributed by atoms with van der Waals surface area (Å²) in [6.07, 6.45) is 4.77. The highest BCUT2D eigenvalue weighted by molar-refractivity contribution is 5.74. The number of allylic oxidation sites excluding steroid dienone is 2. The highest BCUT2D eigenvalue weighted by Crippen LogP contribution is 2.24. The molecule has 12 heavy (non-hydrogen) atoms. The summed E-state index contributed by atoms with van der Waals surface area (Å²) in [5.41, 5.74) is 1.32. The maximum atomic E-state index is 4.19. The molecule has 0 unspecified atom stereocenters. The van der Waals surface area contributed by atoms with Crippen molar-refractivity contribution in [3.05, 3.63) is 11.6 Å². The molecule has 1 aliphatic rings. The fraction of sp³-hybridized carbons (Fsp3) is 0.545. The van der Waals surface area contributed by atoms with Crippen molar-refractivity contribution in [2.24, 2.45) is 10.4 Å². The average molecular weight is 161 g/mol. The third-order valence-corrected chi connectivity index (χ3v) is 1.74. The van der Waals surface area contributed by atoms with Crippen LogP contribution in [0.3, 0.4) is 0 Å². The van der Waals surface area contributed by atoms with Gasteiger partial charge in [-0.25, -0.2) is 0 Å². The molecule has 1 aliphatic heterocycles. The third-order valence-electron chi connectivity index (χ3n) is 1.74. The summed E-state index contributed by atoms with van der Waals surface area (Å²) in [6.45, 7) is 7.34. The smallest absolute Gasteiger partial charge is 0.0498 e. The molecular weight excluding hydrogens is 146 g/mol. The summed E-state index contributed by atoms with van der Waals surface area (Å²) in [7, 11) is 0. The number of hydrogen-bond acceptors (Lipinski definition) is 1. The fourth-order valence-corrected chi connectivity index (χ4v) is 0.959. The van der Waals surface area contributed by atoms with Crippen molar-refractivity contribution >= 4 is 6.21 Å². The van der Waals surface area contributed by atoms with E-state index in [0.29, 0.717) is 0 Å². The molecule has 1 heterocycles. The van der Waals surface area contributed by atoms with Crippen LogP contribution in [0.25, 0.3) is 0 Å². The Morgan fingerprint density at radius 1 is 1.42 bits per heavy atom. The zero-order chi connectivity index (χ0) is 9.03. The Labute approximate surface area is 74.6 Å². The molecule has 0 aromatic rings. The standard InChI is InChI=1S/C11H15N/c1-11(2,3)10-6-4-5-8-12-9-7-10/h7,9H,5,8H2,1-3H3. The largest absolute Gasteiger partial charge is 0.292 e. The zero-order valence-corrected chi connectivity index (χ0v) is 8.02. The van der Waals surface area contributed by atoms with E-state index < -0.39 is 0 Å². The van der Waals surface area contributed by atoms with Gasteiger partial charge in [-0.1, -0.05) is 32.6 Å². The fourth-order valence-electron chi connectivity index (χ4n) is 0.959. The van der Waals surface area contributed by atoms with E-state index in [9.17, 15) is 0 Å². The van der Waals surface area contributed by atoms with E-state index in [1.165, 1.54) is 5.57 Å². The quantitative estimate of drug-likeness (QED) is 0.484. The van der Waals surface area contributed by atoms with Crippen LogP contribution >= 0.6 is 0 Å². The summed E-state index contributed by atoms with van der Waals surface area (Å²) < 4.78 is 0. The monoisotopic (exact) mass is 161 g/mol. The summed E-state index contributed by atoms with van der Waals surface area (Å²) in [4.78, 5) is 4.19. The second-order valence-electron chi connectivity index (χ2n) is 3.94. The summed E-state index contributed by atoms with van der Waals surface area (Å²) in [6, 6.07) is 0. The Balaban J connectivity index is 2.90. The highest BCUT2D eigenvalue weighted by atomic mass is 14.7. The van der Waals surface area contributed by atoms with Crippen LogP contribution in [0.1, 0.15) is 27.2 Å². The average Bonchev–Trinajstić information content (AvgIpc) is 1.81. The predicted molar refractivity (Wildman–Crippen MR) is 53.3 cm³/mol. The van der Waals surface area contributed by atoms with Crippen molar-refractivity contribution in [1.29, 1.82) is 0 Å². The Hall–Kier alpha value is -1.03. The first kappa shape index (κ1) is 9.06. The SMILES string of the molecule is CC(C)(C)C1=CC=NCCC#C1. The lowest BCUT2D eigenvalue weighted by atomic mass is 9.86. The van der Waals surface area contributed by atoms with Gasteiger partial charge in [-0.05, 0) is 11.5 Å². The van der Waals surface area contributed by atoms with Crippen LogP contribution in [0.5, 0.6) is 0 Å². The molecule has 0 aromatic carbocycles. The van der Waals surface area contributed by atoms with E-state index >= 15 is 0 Å². The van der Waals surface area contributed by atoms with Gasteiger partial charge in [0, 0.05) is 24.8 Å². The minimum atomic E-state index is 0.149. The first-order chi connectivity index (χ1) is 5.61. The minimum absolute atomic E-state index is 0.149. The molecule has 0 N–H and O–H groups in total. The van der Waals surface area contributed by atoms with Gasteiger partial charge in [0.25, 0.3) is 0 Å². The number of rotatable bonds is 0. The van der Waals surface area contributed by atoms with Crippen LogP contribution in [-0.4, -0.2) is 12.8 Å². The van der Waals surface area contributed by atoms with Crippen LogP contribution in [0.2, 0.25) is 0 Å². The van der Waals surface area contributed by atoms with Gasteiger partial charge in [-0.15, -0.1) is 0 Å². The molecule has 64 valence electrons. The molecule has 0 saturated carbocycles. The number of nitrogens with zero attached hydrogens (tertiary/aromatic N) is 1. The van der Waals surface area contributed by atoms with Crippen molar-refractivity contribution in [2.75, 3.05) is 6.54 Å². The Bertz CT molecular complexity index is 266. The summed E-state index contributed by atoms with van der Waals surface area (Å²) >= 11 is 0. The lowest BCUT2D eigenvalue weighted by Gasteiger charge is -2.17. The first-order valence-corrected chi connectivity index (χ1v) is 4.30. The van der Waals surface area contributed by atoms with E-state index in [1.54, 1.807) is 0 Å². The second kappa shape index (κ2) is 3.58. The first-order valence-electron chi connectivity index (χ1n) is 4.30. The van der Waals surface area contributed by atoms with E-state index in [1.807, 2.05) is 12.3 Å². The third kappa shape index (κ3) is 2.54.